The Morgan fingerprint density at radius 3 is 1.76 bits per heavy atom. The lowest BCUT2D eigenvalue weighted by Gasteiger charge is -2.26. The SMILES string of the molecule is CC.CC.CC.CC(=O)NC(C)(C)CNc1ccccc1. The number of rotatable bonds is 4. The topological polar surface area (TPSA) is 41.1 Å². The second-order valence-corrected chi connectivity index (χ2v) is 4.28. The molecule has 1 aromatic rings. The number of carbonyl (C=O) groups excluding carboxylic acids is 1. The van der Waals surface area contributed by atoms with Crippen molar-refractivity contribution in [3.05, 3.63) is 30.3 Å². The lowest BCUT2D eigenvalue weighted by molar-refractivity contribution is -0.120. The molecule has 0 radical (unpaired) electrons. The lowest BCUT2D eigenvalue weighted by atomic mass is 10.1. The van der Waals surface area contributed by atoms with Gasteiger partial charge in [-0.25, -0.2) is 0 Å². The summed E-state index contributed by atoms with van der Waals surface area (Å²) in [6.07, 6.45) is 0. The number of carbonyl (C=O) groups is 1. The van der Waals surface area contributed by atoms with Gasteiger partial charge in [-0.1, -0.05) is 59.7 Å². The monoisotopic (exact) mass is 296 g/mol. The molecule has 0 saturated heterocycles. The number of amides is 1. The van der Waals surface area contributed by atoms with E-state index in [0.29, 0.717) is 6.54 Å². The van der Waals surface area contributed by atoms with Crippen molar-refractivity contribution in [2.24, 2.45) is 0 Å². The maximum absolute atomic E-state index is 10.9. The van der Waals surface area contributed by atoms with Gasteiger partial charge in [0.2, 0.25) is 5.91 Å². The standard InChI is InChI=1S/C12H18N2O.3C2H6/c1-10(15)14-12(2,3)9-13-11-7-5-4-6-8-11;3*1-2/h4-8,13H,9H2,1-3H3,(H,14,15);3*1-2H3. The van der Waals surface area contributed by atoms with Crippen LogP contribution in [0.25, 0.3) is 0 Å². The third-order valence-corrected chi connectivity index (χ3v) is 2.02. The predicted octanol–water partition coefficient (Wildman–Crippen LogP) is 5.09. The first-order valence-corrected chi connectivity index (χ1v) is 8.07. The van der Waals surface area contributed by atoms with Crippen molar-refractivity contribution in [1.29, 1.82) is 0 Å². The number of benzene rings is 1. The zero-order chi connectivity index (χ0) is 17.3. The van der Waals surface area contributed by atoms with Crippen LogP contribution in [0.2, 0.25) is 0 Å². The van der Waals surface area contributed by atoms with Gasteiger partial charge in [0.05, 0.1) is 5.54 Å². The summed E-state index contributed by atoms with van der Waals surface area (Å²) >= 11 is 0. The Kier molecular flexibility index (Phi) is 19.3. The Balaban J connectivity index is -0.000000478. The summed E-state index contributed by atoms with van der Waals surface area (Å²) in [5.74, 6) is -0.00476. The van der Waals surface area contributed by atoms with E-state index in [1.165, 1.54) is 6.92 Å². The van der Waals surface area contributed by atoms with E-state index in [2.05, 4.69) is 10.6 Å². The molecule has 124 valence electrons. The molecule has 0 aliphatic rings. The van der Waals surface area contributed by atoms with Crippen molar-refractivity contribution >= 4 is 11.6 Å². The number of anilines is 1. The van der Waals surface area contributed by atoms with Crippen molar-refractivity contribution < 1.29 is 4.79 Å². The molecule has 0 fully saturated rings. The molecule has 3 heteroatoms. The van der Waals surface area contributed by atoms with E-state index in [1.807, 2.05) is 85.7 Å². The Labute approximate surface area is 132 Å². The third kappa shape index (κ3) is 16.4. The van der Waals surface area contributed by atoms with Crippen LogP contribution in [0, 0.1) is 0 Å². The largest absolute Gasteiger partial charge is 0.383 e. The van der Waals surface area contributed by atoms with Crippen molar-refractivity contribution in [2.45, 2.75) is 67.9 Å². The van der Waals surface area contributed by atoms with Gasteiger partial charge in [0.1, 0.15) is 0 Å². The molecule has 1 amide bonds. The fraction of sp³-hybridized carbons (Fsp3) is 0.611. The minimum atomic E-state index is -0.234. The van der Waals surface area contributed by atoms with Gasteiger partial charge in [-0.05, 0) is 26.0 Å². The summed E-state index contributed by atoms with van der Waals surface area (Å²) < 4.78 is 0. The minimum absolute atomic E-state index is 0.00476. The van der Waals surface area contributed by atoms with E-state index in [1.54, 1.807) is 0 Å². The van der Waals surface area contributed by atoms with E-state index in [0.717, 1.165) is 5.69 Å². The van der Waals surface area contributed by atoms with E-state index in [4.69, 9.17) is 0 Å². The average molecular weight is 296 g/mol. The highest BCUT2D eigenvalue weighted by Crippen LogP contribution is 2.08. The second-order valence-electron chi connectivity index (χ2n) is 4.28. The van der Waals surface area contributed by atoms with Crippen molar-refractivity contribution in [3.8, 4) is 0 Å². The van der Waals surface area contributed by atoms with Crippen LogP contribution < -0.4 is 10.6 Å². The molecular formula is C18H36N2O. The van der Waals surface area contributed by atoms with E-state index >= 15 is 0 Å². The molecule has 0 unspecified atom stereocenters. The van der Waals surface area contributed by atoms with Crippen LogP contribution in [0.15, 0.2) is 30.3 Å². The quantitative estimate of drug-likeness (QED) is 0.812. The predicted molar refractivity (Wildman–Crippen MR) is 96.9 cm³/mol. The molecule has 21 heavy (non-hydrogen) atoms. The van der Waals surface area contributed by atoms with Gasteiger partial charge in [-0.15, -0.1) is 0 Å². The molecule has 0 heterocycles. The molecule has 0 aromatic heterocycles. The zero-order valence-electron chi connectivity index (χ0n) is 15.5. The van der Waals surface area contributed by atoms with Crippen LogP contribution in [0.1, 0.15) is 62.3 Å². The van der Waals surface area contributed by atoms with Gasteiger partial charge in [0.15, 0.2) is 0 Å². The third-order valence-electron chi connectivity index (χ3n) is 2.02. The summed E-state index contributed by atoms with van der Waals surface area (Å²) in [6.45, 7) is 18.2. The smallest absolute Gasteiger partial charge is 0.217 e. The Morgan fingerprint density at radius 1 is 0.952 bits per heavy atom. The number of hydrogen-bond donors (Lipinski definition) is 2. The normalized spacial score (nSPS) is 8.62. The fourth-order valence-corrected chi connectivity index (χ4v) is 1.40. The summed E-state index contributed by atoms with van der Waals surface area (Å²) in [7, 11) is 0. The van der Waals surface area contributed by atoms with Gasteiger partial charge < -0.3 is 10.6 Å². The zero-order valence-corrected chi connectivity index (χ0v) is 15.5. The first-order chi connectivity index (χ1) is 9.99. The molecule has 3 nitrogen and oxygen atoms in total. The van der Waals surface area contributed by atoms with Crippen LogP contribution in [-0.4, -0.2) is 18.0 Å². The van der Waals surface area contributed by atoms with Crippen LogP contribution in [0.4, 0.5) is 5.69 Å². The molecule has 2 N–H and O–H groups in total. The molecule has 0 atom stereocenters. The van der Waals surface area contributed by atoms with E-state index in [-0.39, 0.29) is 11.4 Å². The van der Waals surface area contributed by atoms with Crippen LogP contribution in [-0.2, 0) is 4.79 Å². The van der Waals surface area contributed by atoms with E-state index < -0.39 is 0 Å². The number of nitrogens with one attached hydrogen (secondary N) is 2. The highest BCUT2D eigenvalue weighted by molar-refractivity contribution is 5.73. The first-order valence-electron chi connectivity index (χ1n) is 8.07. The summed E-state index contributed by atoms with van der Waals surface area (Å²) in [4.78, 5) is 10.9. The second kappa shape index (κ2) is 16.5. The van der Waals surface area contributed by atoms with Gasteiger partial charge >= 0.3 is 0 Å². The van der Waals surface area contributed by atoms with Crippen molar-refractivity contribution in [2.75, 3.05) is 11.9 Å². The van der Waals surface area contributed by atoms with E-state index in [9.17, 15) is 4.79 Å². The molecule has 0 bridgehead atoms. The molecular weight excluding hydrogens is 260 g/mol. The Morgan fingerprint density at radius 2 is 1.38 bits per heavy atom. The summed E-state index contributed by atoms with van der Waals surface area (Å²) in [6, 6.07) is 9.94. The molecule has 0 spiro atoms. The molecule has 0 saturated carbocycles. The highest BCUT2D eigenvalue weighted by Gasteiger charge is 2.17. The lowest BCUT2D eigenvalue weighted by Crippen LogP contribution is -2.47. The molecule has 0 aliphatic heterocycles. The number of para-hydroxylation sites is 1. The van der Waals surface area contributed by atoms with Gasteiger partial charge in [-0.3, -0.25) is 4.79 Å². The average Bonchev–Trinajstić information content (AvgIpc) is 2.51. The number of hydrogen-bond acceptors (Lipinski definition) is 2. The maximum atomic E-state index is 10.9. The Bertz CT molecular complexity index is 321. The van der Waals surface area contributed by atoms with Gasteiger partial charge in [0.25, 0.3) is 0 Å². The fourth-order valence-electron chi connectivity index (χ4n) is 1.40. The van der Waals surface area contributed by atoms with Gasteiger partial charge in [-0.2, -0.15) is 0 Å². The summed E-state index contributed by atoms with van der Waals surface area (Å²) in [5, 5.41) is 6.16. The highest BCUT2D eigenvalue weighted by atomic mass is 16.1. The minimum Gasteiger partial charge on any atom is -0.383 e. The van der Waals surface area contributed by atoms with Crippen LogP contribution >= 0.6 is 0 Å². The molecule has 1 aromatic carbocycles. The van der Waals surface area contributed by atoms with Crippen molar-refractivity contribution in [1.82, 2.24) is 5.32 Å². The Hall–Kier alpha value is -1.51. The molecule has 1 rings (SSSR count). The van der Waals surface area contributed by atoms with Crippen LogP contribution in [0.3, 0.4) is 0 Å². The first kappa shape index (κ1) is 24.5. The molecule has 0 aliphatic carbocycles. The van der Waals surface area contributed by atoms with Crippen LogP contribution in [0.5, 0.6) is 0 Å². The summed E-state index contributed by atoms with van der Waals surface area (Å²) in [5.41, 5.74) is 0.831. The van der Waals surface area contributed by atoms with Crippen molar-refractivity contribution in [3.63, 3.8) is 0 Å². The van der Waals surface area contributed by atoms with Gasteiger partial charge in [0, 0.05) is 19.2 Å². The maximum Gasteiger partial charge on any atom is 0.217 e.